The first kappa shape index (κ1) is 22.1. The molecule has 0 N–H and O–H groups in total. The number of methoxy groups -OCH3 is 1. The number of fused-ring (bicyclic) bond motifs is 2. The highest BCUT2D eigenvalue weighted by molar-refractivity contribution is 6.35. The average molecular weight is 495 g/mol. The summed E-state index contributed by atoms with van der Waals surface area (Å²) in [6.07, 6.45) is 1.55. The van der Waals surface area contributed by atoms with Crippen molar-refractivity contribution in [3.8, 4) is 17.2 Å². The van der Waals surface area contributed by atoms with Crippen LogP contribution in [0, 0.1) is 6.92 Å². The Morgan fingerprint density at radius 3 is 2.65 bits per heavy atom. The van der Waals surface area contributed by atoms with E-state index < -0.39 is 5.97 Å². The number of furan rings is 1. The molecule has 0 spiro atoms. The Morgan fingerprint density at radius 2 is 1.88 bits per heavy atom. The van der Waals surface area contributed by atoms with Gasteiger partial charge in [-0.2, -0.15) is 0 Å². The van der Waals surface area contributed by atoms with Gasteiger partial charge in [0.15, 0.2) is 17.1 Å². The molecular weight excluding hydrogens is 479 g/mol. The van der Waals surface area contributed by atoms with Gasteiger partial charge in [-0.05, 0) is 54.5 Å². The summed E-state index contributed by atoms with van der Waals surface area (Å²) >= 11 is 12.2. The molecule has 1 aliphatic heterocycles. The number of rotatable bonds is 4. The van der Waals surface area contributed by atoms with Crippen LogP contribution in [0.3, 0.4) is 0 Å². The van der Waals surface area contributed by atoms with E-state index in [1.165, 1.54) is 13.2 Å². The van der Waals surface area contributed by atoms with Gasteiger partial charge in [0.05, 0.1) is 12.7 Å². The maximum Gasteiger partial charge on any atom is 0.379 e. The summed E-state index contributed by atoms with van der Waals surface area (Å²) in [4.78, 5) is 25.6. The molecule has 8 heteroatoms. The quantitative estimate of drug-likeness (QED) is 0.174. The minimum atomic E-state index is -0.689. The van der Waals surface area contributed by atoms with Crippen molar-refractivity contribution in [1.82, 2.24) is 0 Å². The zero-order chi connectivity index (χ0) is 24.0. The van der Waals surface area contributed by atoms with Crippen LogP contribution in [-0.4, -0.2) is 18.9 Å². The van der Waals surface area contributed by atoms with Gasteiger partial charge in [-0.15, -0.1) is 0 Å². The van der Waals surface area contributed by atoms with Crippen LogP contribution in [0.15, 0.2) is 64.8 Å². The van der Waals surface area contributed by atoms with Gasteiger partial charge >= 0.3 is 5.97 Å². The van der Waals surface area contributed by atoms with Crippen molar-refractivity contribution in [3.63, 3.8) is 0 Å². The second kappa shape index (κ2) is 8.56. The van der Waals surface area contributed by atoms with Crippen molar-refractivity contribution >= 4 is 52.0 Å². The molecule has 5 rings (SSSR count). The lowest BCUT2D eigenvalue weighted by Crippen LogP contribution is -2.07. The lowest BCUT2D eigenvalue weighted by molar-refractivity contribution is 0.0703. The molecule has 1 aromatic heterocycles. The third-order valence-corrected chi connectivity index (χ3v) is 5.89. The number of benzene rings is 3. The second-order valence-corrected chi connectivity index (χ2v) is 8.44. The number of carbonyl (C=O) groups is 2. The zero-order valence-corrected chi connectivity index (χ0v) is 19.5. The second-order valence-electron chi connectivity index (χ2n) is 7.60. The first-order valence-electron chi connectivity index (χ1n) is 10.2. The van der Waals surface area contributed by atoms with Crippen molar-refractivity contribution in [1.29, 1.82) is 0 Å². The van der Waals surface area contributed by atoms with E-state index in [9.17, 15) is 9.59 Å². The van der Waals surface area contributed by atoms with Crippen LogP contribution in [0.25, 0.3) is 17.0 Å². The van der Waals surface area contributed by atoms with Crippen LogP contribution in [0.5, 0.6) is 17.2 Å². The molecule has 0 unspecified atom stereocenters. The van der Waals surface area contributed by atoms with Crippen molar-refractivity contribution in [3.05, 3.63) is 92.9 Å². The van der Waals surface area contributed by atoms with E-state index in [2.05, 4.69) is 0 Å². The molecule has 0 amide bonds. The molecule has 3 aromatic carbocycles. The third-order valence-electron chi connectivity index (χ3n) is 5.33. The van der Waals surface area contributed by atoms with Gasteiger partial charge in [-0.25, -0.2) is 4.79 Å². The van der Waals surface area contributed by atoms with E-state index >= 15 is 0 Å². The molecular formula is C26H16Cl2O6. The summed E-state index contributed by atoms with van der Waals surface area (Å²) in [5, 5.41) is 1.58. The van der Waals surface area contributed by atoms with Crippen LogP contribution < -0.4 is 14.2 Å². The van der Waals surface area contributed by atoms with E-state index in [0.717, 1.165) is 0 Å². The lowest BCUT2D eigenvalue weighted by atomic mass is 10.0. The van der Waals surface area contributed by atoms with Gasteiger partial charge in [0.2, 0.25) is 11.5 Å². The van der Waals surface area contributed by atoms with E-state index in [1.807, 2.05) is 0 Å². The maximum absolute atomic E-state index is 12.9. The maximum atomic E-state index is 12.9. The first-order chi connectivity index (χ1) is 16.3. The number of ketones is 1. The number of halogens is 2. The van der Waals surface area contributed by atoms with E-state index in [4.69, 9.17) is 41.8 Å². The fourth-order valence-corrected chi connectivity index (χ4v) is 4.21. The summed E-state index contributed by atoms with van der Waals surface area (Å²) in [6, 6.07) is 15.0. The van der Waals surface area contributed by atoms with E-state index in [1.54, 1.807) is 61.5 Å². The normalized spacial score (nSPS) is 13.8. The Kier molecular flexibility index (Phi) is 5.55. The van der Waals surface area contributed by atoms with E-state index in [-0.39, 0.29) is 28.8 Å². The number of hydrogen-bond acceptors (Lipinski definition) is 6. The molecule has 0 bridgehead atoms. The molecule has 6 nitrogen and oxygen atoms in total. The van der Waals surface area contributed by atoms with Crippen molar-refractivity contribution in [2.45, 2.75) is 6.92 Å². The summed E-state index contributed by atoms with van der Waals surface area (Å²) in [7, 11) is 1.52. The summed E-state index contributed by atoms with van der Waals surface area (Å²) in [5.74, 6) is 0.161. The molecule has 34 heavy (non-hydrogen) atoms. The SMILES string of the molecule is COc1cccc2cc(C(=O)Oc3cc(C)c4c(c3)O/C(=C\c3ccc(Cl)cc3Cl)C4=O)oc12. The predicted molar refractivity (Wildman–Crippen MR) is 128 cm³/mol. The van der Waals surface area contributed by atoms with Gasteiger partial charge < -0.3 is 18.6 Å². The van der Waals surface area contributed by atoms with Crippen LogP contribution in [0.4, 0.5) is 0 Å². The number of aryl methyl sites for hydroxylation is 1. The Labute approximate surface area is 204 Å². The largest absolute Gasteiger partial charge is 0.493 e. The van der Waals surface area contributed by atoms with Gasteiger partial charge in [-0.3, -0.25) is 4.79 Å². The van der Waals surface area contributed by atoms with E-state index in [0.29, 0.717) is 43.5 Å². The summed E-state index contributed by atoms with van der Waals surface area (Å²) < 4.78 is 22.2. The predicted octanol–water partition coefficient (Wildman–Crippen LogP) is 6.89. The number of para-hydroxylation sites is 1. The van der Waals surface area contributed by atoms with Crippen molar-refractivity contribution in [2.75, 3.05) is 7.11 Å². The molecule has 2 heterocycles. The van der Waals surface area contributed by atoms with Crippen molar-refractivity contribution in [2.24, 2.45) is 0 Å². The molecule has 0 radical (unpaired) electrons. The zero-order valence-electron chi connectivity index (χ0n) is 18.0. The highest BCUT2D eigenvalue weighted by Crippen LogP contribution is 2.38. The summed E-state index contributed by atoms with van der Waals surface area (Å²) in [6.45, 7) is 1.74. The molecule has 1 aliphatic rings. The fraction of sp³-hybridized carbons (Fsp3) is 0.0769. The molecule has 0 aliphatic carbocycles. The van der Waals surface area contributed by atoms with Crippen LogP contribution >= 0.6 is 23.2 Å². The standard InChI is InChI=1S/C26H16Cl2O6/c1-13-8-17(32-26(30)22-10-15-4-3-5-19(31-2)25(15)34-22)12-20-23(13)24(29)21(33-20)9-14-6-7-16(27)11-18(14)28/h3-12H,1-2H3/b21-9-. The number of allylic oxidation sites excluding steroid dienone is 1. The smallest absolute Gasteiger partial charge is 0.379 e. The minimum absolute atomic E-state index is 0.0209. The first-order valence-corrected chi connectivity index (χ1v) is 10.9. The van der Waals surface area contributed by atoms with Gasteiger partial charge in [0, 0.05) is 21.5 Å². The minimum Gasteiger partial charge on any atom is -0.493 e. The van der Waals surface area contributed by atoms with Gasteiger partial charge in [0.25, 0.3) is 0 Å². The number of esters is 1. The Morgan fingerprint density at radius 1 is 1.06 bits per heavy atom. The number of carbonyl (C=O) groups excluding carboxylic acids is 2. The number of ether oxygens (including phenoxy) is 3. The average Bonchev–Trinajstić information content (AvgIpc) is 3.37. The summed E-state index contributed by atoms with van der Waals surface area (Å²) in [5.41, 5.74) is 2.03. The third kappa shape index (κ3) is 3.91. The monoisotopic (exact) mass is 494 g/mol. The Balaban J connectivity index is 1.42. The van der Waals surface area contributed by atoms with Gasteiger partial charge in [-0.1, -0.05) is 41.4 Å². The number of Topliss-reactive ketones (excluding diaryl/α,β-unsaturated/α-hetero) is 1. The lowest BCUT2D eigenvalue weighted by Gasteiger charge is -2.06. The van der Waals surface area contributed by atoms with Crippen LogP contribution in [0.2, 0.25) is 10.0 Å². The molecule has 0 fully saturated rings. The van der Waals surface area contributed by atoms with Crippen LogP contribution in [-0.2, 0) is 0 Å². The molecule has 170 valence electrons. The highest BCUT2D eigenvalue weighted by Gasteiger charge is 2.31. The molecule has 0 atom stereocenters. The number of hydrogen-bond donors (Lipinski definition) is 0. The van der Waals surface area contributed by atoms with Crippen molar-refractivity contribution < 1.29 is 28.2 Å². The van der Waals surface area contributed by atoms with Crippen LogP contribution in [0.1, 0.15) is 32.0 Å². The fourth-order valence-electron chi connectivity index (χ4n) is 3.75. The molecule has 0 saturated heterocycles. The molecule has 4 aromatic rings. The van der Waals surface area contributed by atoms with Gasteiger partial charge in [0.1, 0.15) is 11.5 Å². The topological polar surface area (TPSA) is 75.0 Å². The highest BCUT2D eigenvalue weighted by atomic mass is 35.5. The Hall–Kier alpha value is -3.74. The Bertz CT molecular complexity index is 1520. The molecule has 0 saturated carbocycles.